The minimum atomic E-state index is 0.462. The van der Waals surface area contributed by atoms with Crippen LogP contribution in [0.4, 0.5) is 0 Å². The lowest BCUT2D eigenvalue weighted by molar-refractivity contribution is 0.303. The summed E-state index contributed by atoms with van der Waals surface area (Å²) in [7, 11) is 0. The van der Waals surface area contributed by atoms with Crippen LogP contribution in [0.25, 0.3) is 0 Å². The van der Waals surface area contributed by atoms with E-state index < -0.39 is 0 Å². The summed E-state index contributed by atoms with van der Waals surface area (Å²) in [5.74, 6) is 0.807. The van der Waals surface area contributed by atoms with Gasteiger partial charge in [0.15, 0.2) is 0 Å². The van der Waals surface area contributed by atoms with Gasteiger partial charge in [-0.15, -0.1) is 0 Å². The van der Waals surface area contributed by atoms with Gasteiger partial charge in [0.05, 0.1) is 0 Å². The lowest BCUT2D eigenvalue weighted by Gasteiger charge is -2.11. The molecule has 0 aliphatic carbocycles. The molecule has 0 heterocycles. The van der Waals surface area contributed by atoms with Gasteiger partial charge in [0.1, 0.15) is 12.4 Å². The Labute approximate surface area is 120 Å². The molecule has 0 saturated heterocycles. The standard InChI is InChI=1S/C14H13BrClNO/c15-12-4-3-11(8-17)14(7-12)18-9-10-1-5-13(16)6-2-10/h1-7H,8-9,17H2. The Bertz CT molecular complexity index is 528. The highest BCUT2D eigenvalue weighted by Crippen LogP contribution is 2.24. The van der Waals surface area contributed by atoms with E-state index in [9.17, 15) is 0 Å². The third-order valence-electron chi connectivity index (χ3n) is 2.56. The molecule has 2 aromatic carbocycles. The molecule has 2 nitrogen and oxygen atoms in total. The minimum Gasteiger partial charge on any atom is -0.489 e. The van der Waals surface area contributed by atoms with E-state index in [4.69, 9.17) is 22.1 Å². The van der Waals surface area contributed by atoms with Gasteiger partial charge >= 0.3 is 0 Å². The minimum absolute atomic E-state index is 0.462. The molecule has 0 amide bonds. The van der Waals surface area contributed by atoms with E-state index in [0.29, 0.717) is 13.2 Å². The molecule has 0 fully saturated rings. The summed E-state index contributed by atoms with van der Waals surface area (Å²) >= 11 is 9.26. The second-order valence-corrected chi connectivity index (χ2v) is 5.22. The van der Waals surface area contributed by atoms with Gasteiger partial charge < -0.3 is 10.5 Å². The summed E-state index contributed by atoms with van der Waals surface area (Å²) in [6, 6.07) is 13.4. The van der Waals surface area contributed by atoms with Gasteiger partial charge in [0, 0.05) is 21.6 Å². The first kappa shape index (κ1) is 13.4. The van der Waals surface area contributed by atoms with Crippen molar-refractivity contribution in [3.05, 3.63) is 63.1 Å². The van der Waals surface area contributed by atoms with Gasteiger partial charge in [-0.25, -0.2) is 0 Å². The zero-order valence-corrected chi connectivity index (χ0v) is 12.0. The third-order valence-corrected chi connectivity index (χ3v) is 3.30. The van der Waals surface area contributed by atoms with Crippen LogP contribution in [0.1, 0.15) is 11.1 Å². The monoisotopic (exact) mass is 325 g/mol. The SMILES string of the molecule is NCc1ccc(Br)cc1OCc1ccc(Cl)cc1. The molecule has 0 spiro atoms. The van der Waals surface area contributed by atoms with Gasteiger partial charge in [0.2, 0.25) is 0 Å². The van der Waals surface area contributed by atoms with E-state index in [-0.39, 0.29) is 0 Å². The lowest BCUT2D eigenvalue weighted by atomic mass is 10.2. The molecule has 94 valence electrons. The Morgan fingerprint density at radius 1 is 1.11 bits per heavy atom. The van der Waals surface area contributed by atoms with Crippen molar-refractivity contribution in [3.63, 3.8) is 0 Å². The topological polar surface area (TPSA) is 35.2 Å². The quantitative estimate of drug-likeness (QED) is 0.916. The first-order valence-corrected chi connectivity index (χ1v) is 6.72. The number of ether oxygens (including phenoxy) is 1. The van der Waals surface area contributed by atoms with Crippen LogP contribution in [0.5, 0.6) is 5.75 Å². The van der Waals surface area contributed by atoms with Crippen LogP contribution in [0, 0.1) is 0 Å². The third kappa shape index (κ3) is 3.48. The van der Waals surface area contributed by atoms with Crippen molar-refractivity contribution in [2.45, 2.75) is 13.2 Å². The Kier molecular flexibility index (Phi) is 4.64. The number of hydrogen-bond acceptors (Lipinski definition) is 2. The predicted octanol–water partition coefficient (Wildman–Crippen LogP) is 4.14. The molecule has 0 aliphatic heterocycles. The van der Waals surface area contributed by atoms with E-state index in [2.05, 4.69) is 15.9 Å². The molecule has 18 heavy (non-hydrogen) atoms. The normalized spacial score (nSPS) is 10.4. The number of hydrogen-bond donors (Lipinski definition) is 1. The second kappa shape index (κ2) is 6.23. The highest BCUT2D eigenvalue weighted by molar-refractivity contribution is 9.10. The summed E-state index contributed by atoms with van der Waals surface area (Å²) in [6.45, 7) is 0.962. The number of halogens is 2. The average Bonchev–Trinajstić information content (AvgIpc) is 2.38. The Morgan fingerprint density at radius 3 is 2.50 bits per heavy atom. The molecule has 2 rings (SSSR count). The summed E-state index contributed by atoms with van der Waals surface area (Å²) in [6.07, 6.45) is 0. The Balaban J connectivity index is 2.09. The fourth-order valence-electron chi connectivity index (χ4n) is 1.57. The highest BCUT2D eigenvalue weighted by atomic mass is 79.9. The fraction of sp³-hybridized carbons (Fsp3) is 0.143. The van der Waals surface area contributed by atoms with E-state index >= 15 is 0 Å². The molecular weight excluding hydrogens is 314 g/mol. The van der Waals surface area contributed by atoms with Crippen LogP contribution in [-0.2, 0) is 13.2 Å². The molecule has 0 aliphatic rings. The summed E-state index contributed by atoms with van der Waals surface area (Å²) < 4.78 is 6.76. The Hall–Kier alpha value is -1.03. The van der Waals surface area contributed by atoms with Crippen LogP contribution >= 0.6 is 27.5 Å². The van der Waals surface area contributed by atoms with Gasteiger partial charge in [-0.2, -0.15) is 0 Å². The van der Waals surface area contributed by atoms with E-state index in [1.807, 2.05) is 42.5 Å². The van der Waals surface area contributed by atoms with E-state index in [1.54, 1.807) is 0 Å². The number of rotatable bonds is 4. The molecule has 4 heteroatoms. The predicted molar refractivity (Wildman–Crippen MR) is 77.8 cm³/mol. The molecule has 0 radical (unpaired) electrons. The van der Waals surface area contributed by atoms with Crippen molar-refractivity contribution in [2.75, 3.05) is 0 Å². The van der Waals surface area contributed by atoms with Crippen molar-refractivity contribution in [2.24, 2.45) is 5.73 Å². The first-order chi connectivity index (χ1) is 8.69. The van der Waals surface area contributed by atoms with Crippen LogP contribution in [0.2, 0.25) is 5.02 Å². The zero-order chi connectivity index (χ0) is 13.0. The van der Waals surface area contributed by atoms with Crippen LogP contribution in [0.3, 0.4) is 0 Å². The van der Waals surface area contributed by atoms with E-state index in [1.165, 1.54) is 0 Å². The summed E-state index contributed by atoms with van der Waals surface area (Å²) in [5.41, 5.74) is 7.74. The van der Waals surface area contributed by atoms with Crippen molar-refractivity contribution >= 4 is 27.5 Å². The van der Waals surface area contributed by atoms with Crippen LogP contribution in [0.15, 0.2) is 46.9 Å². The molecule has 0 bridgehead atoms. The van der Waals surface area contributed by atoms with Crippen molar-refractivity contribution in [3.8, 4) is 5.75 Å². The molecular formula is C14H13BrClNO. The van der Waals surface area contributed by atoms with Crippen molar-refractivity contribution in [1.82, 2.24) is 0 Å². The second-order valence-electron chi connectivity index (χ2n) is 3.87. The van der Waals surface area contributed by atoms with Crippen molar-refractivity contribution in [1.29, 1.82) is 0 Å². The van der Waals surface area contributed by atoms with Crippen LogP contribution in [-0.4, -0.2) is 0 Å². The van der Waals surface area contributed by atoms with Gasteiger partial charge in [-0.1, -0.05) is 45.7 Å². The van der Waals surface area contributed by atoms with Gasteiger partial charge in [-0.05, 0) is 29.8 Å². The highest BCUT2D eigenvalue weighted by Gasteiger charge is 2.03. The van der Waals surface area contributed by atoms with Crippen molar-refractivity contribution < 1.29 is 4.74 Å². The van der Waals surface area contributed by atoms with Gasteiger partial charge in [0.25, 0.3) is 0 Å². The summed E-state index contributed by atoms with van der Waals surface area (Å²) in [4.78, 5) is 0. The Morgan fingerprint density at radius 2 is 1.83 bits per heavy atom. The molecule has 0 saturated carbocycles. The first-order valence-electron chi connectivity index (χ1n) is 5.55. The lowest BCUT2D eigenvalue weighted by Crippen LogP contribution is -2.02. The number of nitrogens with two attached hydrogens (primary N) is 1. The molecule has 0 unspecified atom stereocenters. The smallest absolute Gasteiger partial charge is 0.125 e. The average molecular weight is 327 g/mol. The van der Waals surface area contributed by atoms with Gasteiger partial charge in [-0.3, -0.25) is 0 Å². The molecule has 2 N–H and O–H groups in total. The fourth-order valence-corrected chi connectivity index (χ4v) is 2.04. The zero-order valence-electron chi connectivity index (χ0n) is 9.70. The maximum Gasteiger partial charge on any atom is 0.125 e. The molecule has 0 aromatic heterocycles. The molecule has 0 atom stereocenters. The summed E-state index contributed by atoms with van der Waals surface area (Å²) in [5, 5.41) is 0.726. The van der Waals surface area contributed by atoms with E-state index in [0.717, 1.165) is 26.4 Å². The molecule has 2 aromatic rings. The number of benzene rings is 2. The maximum absolute atomic E-state index is 5.83. The largest absolute Gasteiger partial charge is 0.489 e. The van der Waals surface area contributed by atoms with Crippen LogP contribution < -0.4 is 10.5 Å². The maximum atomic E-state index is 5.83.